The second-order valence-corrected chi connectivity index (χ2v) is 5.35. The Balaban J connectivity index is 2.46. The molecule has 1 amide bonds. The first-order valence-corrected chi connectivity index (χ1v) is 7.28. The lowest BCUT2D eigenvalue weighted by atomic mass is 9.94. The Morgan fingerprint density at radius 1 is 1.32 bits per heavy atom. The van der Waals surface area contributed by atoms with Gasteiger partial charge >= 0.3 is 0 Å². The van der Waals surface area contributed by atoms with Gasteiger partial charge in [-0.05, 0) is 19.8 Å². The van der Waals surface area contributed by atoms with Gasteiger partial charge in [-0.15, -0.1) is 0 Å². The number of carbonyl (C=O) groups excluding carboxylic acids is 1. The number of nitrogens with one attached hydrogen (secondary N) is 1. The van der Waals surface area contributed by atoms with Crippen LogP contribution in [-0.4, -0.2) is 44.4 Å². The van der Waals surface area contributed by atoms with Crippen molar-refractivity contribution in [2.24, 2.45) is 5.73 Å². The summed E-state index contributed by atoms with van der Waals surface area (Å²) < 4.78 is 10.9. The Morgan fingerprint density at radius 3 is 2.47 bits per heavy atom. The van der Waals surface area contributed by atoms with Crippen LogP contribution in [0.15, 0.2) is 0 Å². The van der Waals surface area contributed by atoms with E-state index in [0.29, 0.717) is 19.7 Å². The monoisotopic (exact) mass is 272 g/mol. The molecule has 5 nitrogen and oxygen atoms in total. The molecule has 0 spiro atoms. The lowest BCUT2D eigenvalue weighted by Gasteiger charge is -2.34. The normalized spacial score (nSPS) is 20.6. The Labute approximate surface area is 116 Å². The number of hydrogen-bond acceptors (Lipinski definition) is 4. The molecule has 5 heteroatoms. The number of ether oxygens (including phenoxy) is 2. The molecule has 0 aromatic rings. The van der Waals surface area contributed by atoms with E-state index in [1.165, 1.54) is 12.8 Å². The van der Waals surface area contributed by atoms with E-state index in [0.717, 1.165) is 25.7 Å². The Morgan fingerprint density at radius 2 is 1.95 bits per heavy atom. The summed E-state index contributed by atoms with van der Waals surface area (Å²) in [5.41, 5.74) is 5.59. The topological polar surface area (TPSA) is 73.6 Å². The molecule has 112 valence electrons. The third kappa shape index (κ3) is 5.47. The van der Waals surface area contributed by atoms with Crippen molar-refractivity contribution in [1.29, 1.82) is 0 Å². The maximum absolute atomic E-state index is 11.9. The average molecular weight is 272 g/mol. The van der Waals surface area contributed by atoms with Crippen LogP contribution >= 0.6 is 0 Å². The summed E-state index contributed by atoms with van der Waals surface area (Å²) >= 11 is 0. The zero-order chi connectivity index (χ0) is 14.1. The van der Waals surface area contributed by atoms with Crippen molar-refractivity contribution in [1.82, 2.24) is 5.32 Å². The fraction of sp³-hybridized carbons (Fsp3) is 0.929. The van der Waals surface area contributed by atoms with Crippen LogP contribution in [0.25, 0.3) is 0 Å². The van der Waals surface area contributed by atoms with Gasteiger partial charge in [-0.3, -0.25) is 4.79 Å². The van der Waals surface area contributed by atoms with Gasteiger partial charge in [-0.1, -0.05) is 25.7 Å². The summed E-state index contributed by atoms with van der Waals surface area (Å²) in [6.45, 7) is 3.31. The van der Waals surface area contributed by atoms with Crippen molar-refractivity contribution in [3.05, 3.63) is 0 Å². The van der Waals surface area contributed by atoms with Crippen molar-refractivity contribution < 1.29 is 14.3 Å². The number of carbonyl (C=O) groups is 1. The van der Waals surface area contributed by atoms with Crippen LogP contribution in [0.4, 0.5) is 0 Å². The average Bonchev–Trinajstić information content (AvgIpc) is 2.65. The Kier molecular flexibility index (Phi) is 7.34. The van der Waals surface area contributed by atoms with Gasteiger partial charge in [0.1, 0.15) is 6.10 Å². The van der Waals surface area contributed by atoms with Gasteiger partial charge in [0, 0.05) is 20.2 Å². The predicted molar refractivity (Wildman–Crippen MR) is 74.9 cm³/mol. The number of methoxy groups -OCH3 is 1. The van der Waals surface area contributed by atoms with E-state index < -0.39 is 6.10 Å². The zero-order valence-electron chi connectivity index (χ0n) is 12.2. The van der Waals surface area contributed by atoms with Crippen LogP contribution < -0.4 is 11.1 Å². The van der Waals surface area contributed by atoms with Gasteiger partial charge < -0.3 is 20.5 Å². The molecular formula is C14H28N2O3. The molecule has 0 saturated heterocycles. The van der Waals surface area contributed by atoms with Gasteiger partial charge in [0.25, 0.3) is 0 Å². The summed E-state index contributed by atoms with van der Waals surface area (Å²) in [5, 5.41) is 2.80. The maximum Gasteiger partial charge on any atom is 0.248 e. The molecular weight excluding hydrogens is 244 g/mol. The first-order valence-electron chi connectivity index (χ1n) is 7.28. The van der Waals surface area contributed by atoms with Crippen molar-refractivity contribution in [2.45, 2.75) is 57.2 Å². The van der Waals surface area contributed by atoms with Crippen molar-refractivity contribution in [2.75, 3.05) is 26.8 Å². The highest BCUT2D eigenvalue weighted by molar-refractivity contribution is 5.80. The first-order chi connectivity index (χ1) is 9.13. The smallest absolute Gasteiger partial charge is 0.248 e. The van der Waals surface area contributed by atoms with Crippen molar-refractivity contribution in [3.8, 4) is 0 Å². The minimum atomic E-state index is -0.460. The molecule has 1 atom stereocenters. The van der Waals surface area contributed by atoms with Crippen LogP contribution in [0.1, 0.15) is 45.4 Å². The van der Waals surface area contributed by atoms with E-state index in [-0.39, 0.29) is 11.5 Å². The quantitative estimate of drug-likeness (QED) is 0.539. The highest BCUT2D eigenvalue weighted by Gasteiger charge is 2.33. The van der Waals surface area contributed by atoms with E-state index in [4.69, 9.17) is 15.2 Å². The summed E-state index contributed by atoms with van der Waals surface area (Å²) in [4.78, 5) is 11.9. The lowest BCUT2D eigenvalue weighted by molar-refractivity contribution is -0.146. The van der Waals surface area contributed by atoms with Crippen molar-refractivity contribution in [3.63, 3.8) is 0 Å². The standard InChI is InChI=1S/C14H28N2O3/c1-12(13(17)16-9-10-18-2)19-14(11-15)7-5-3-4-6-8-14/h12H,3-11,15H2,1-2H3,(H,16,17). The Hall–Kier alpha value is -0.650. The maximum atomic E-state index is 11.9. The van der Waals surface area contributed by atoms with Crippen LogP contribution in [-0.2, 0) is 14.3 Å². The third-order valence-electron chi connectivity index (χ3n) is 3.79. The number of rotatable bonds is 7. The molecule has 1 aliphatic rings. The fourth-order valence-electron chi connectivity index (χ4n) is 2.59. The fourth-order valence-corrected chi connectivity index (χ4v) is 2.59. The van der Waals surface area contributed by atoms with Gasteiger partial charge in [0.05, 0.1) is 12.2 Å². The minimum absolute atomic E-state index is 0.0888. The molecule has 19 heavy (non-hydrogen) atoms. The number of hydrogen-bond donors (Lipinski definition) is 2. The van der Waals surface area contributed by atoms with Gasteiger partial charge in [0.15, 0.2) is 0 Å². The van der Waals surface area contributed by atoms with Crippen LogP contribution in [0, 0.1) is 0 Å². The molecule has 1 saturated carbocycles. The van der Waals surface area contributed by atoms with Crippen molar-refractivity contribution >= 4 is 5.91 Å². The van der Waals surface area contributed by atoms with Crippen LogP contribution in [0.3, 0.4) is 0 Å². The molecule has 0 aromatic heterocycles. The summed E-state index contributed by atoms with van der Waals surface area (Å²) in [6, 6.07) is 0. The van der Waals surface area contributed by atoms with E-state index in [1.807, 2.05) is 0 Å². The predicted octanol–water partition coefficient (Wildman–Crippen LogP) is 1.21. The second-order valence-electron chi connectivity index (χ2n) is 5.35. The molecule has 0 heterocycles. The highest BCUT2D eigenvalue weighted by Crippen LogP contribution is 2.30. The molecule has 0 bridgehead atoms. The molecule has 0 radical (unpaired) electrons. The van der Waals surface area contributed by atoms with Gasteiger partial charge in [-0.2, -0.15) is 0 Å². The third-order valence-corrected chi connectivity index (χ3v) is 3.79. The molecule has 3 N–H and O–H groups in total. The van der Waals surface area contributed by atoms with E-state index in [2.05, 4.69) is 5.32 Å². The zero-order valence-corrected chi connectivity index (χ0v) is 12.2. The largest absolute Gasteiger partial charge is 0.383 e. The first kappa shape index (κ1) is 16.4. The molecule has 1 fully saturated rings. The van der Waals surface area contributed by atoms with Gasteiger partial charge in [-0.25, -0.2) is 0 Å². The molecule has 1 aliphatic carbocycles. The van der Waals surface area contributed by atoms with E-state index in [1.54, 1.807) is 14.0 Å². The highest BCUT2D eigenvalue weighted by atomic mass is 16.5. The second kappa shape index (κ2) is 8.51. The minimum Gasteiger partial charge on any atom is -0.383 e. The van der Waals surface area contributed by atoms with E-state index in [9.17, 15) is 4.79 Å². The van der Waals surface area contributed by atoms with Crippen LogP contribution in [0.2, 0.25) is 0 Å². The molecule has 0 aromatic carbocycles. The molecule has 0 aliphatic heterocycles. The number of nitrogens with two attached hydrogens (primary N) is 1. The van der Waals surface area contributed by atoms with Gasteiger partial charge in [0.2, 0.25) is 5.91 Å². The summed E-state index contributed by atoms with van der Waals surface area (Å²) in [5.74, 6) is -0.0888. The lowest BCUT2D eigenvalue weighted by Crippen LogP contribution is -2.47. The summed E-state index contributed by atoms with van der Waals surface area (Å²) in [6.07, 6.45) is 6.19. The van der Waals surface area contributed by atoms with Crippen LogP contribution in [0.5, 0.6) is 0 Å². The SMILES string of the molecule is COCCNC(=O)C(C)OC1(CN)CCCCCC1. The summed E-state index contributed by atoms with van der Waals surface area (Å²) in [7, 11) is 1.61. The molecule has 1 unspecified atom stereocenters. The Bertz CT molecular complexity index is 263. The molecule has 1 rings (SSSR count). The number of amides is 1. The van der Waals surface area contributed by atoms with E-state index >= 15 is 0 Å².